The van der Waals surface area contributed by atoms with Crippen molar-refractivity contribution in [1.29, 1.82) is 0 Å². The van der Waals surface area contributed by atoms with Gasteiger partial charge in [0.25, 0.3) is 0 Å². The maximum absolute atomic E-state index is 4.47. The SMILES string of the molecule is C=C(c1ccccc1)[C]([Sn])(c1ccccc1)c1ccccc1. The van der Waals surface area contributed by atoms with Crippen LogP contribution in [0.1, 0.15) is 16.7 Å². The summed E-state index contributed by atoms with van der Waals surface area (Å²) in [4.78, 5) is 0. The molecule has 0 aliphatic heterocycles. The Balaban J connectivity index is 2.18. The monoisotopic (exact) mass is 389 g/mol. The van der Waals surface area contributed by atoms with Crippen molar-refractivity contribution in [1.82, 2.24) is 0 Å². The van der Waals surface area contributed by atoms with Crippen molar-refractivity contribution in [3.63, 3.8) is 0 Å². The molecule has 0 saturated heterocycles. The van der Waals surface area contributed by atoms with Crippen molar-refractivity contribution >= 4 is 28.1 Å². The van der Waals surface area contributed by atoms with Crippen LogP contribution >= 0.6 is 0 Å². The molecule has 3 aromatic carbocycles. The van der Waals surface area contributed by atoms with E-state index < -0.39 is 0 Å². The number of hydrogen-bond acceptors (Lipinski definition) is 0. The van der Waals surface area contributed by atoms with Gasteiger partial charge in [-0.1, -0.05) is 0 Å². The van der Waals surface area contributed by atoms with Crippen molar-refractivity contribution in [2.75, 3.05) is 0 Å². The van der Waals surface area contributed by atoms with Gasteiger partial charge >= 0.3 is 146 Å². The van der Waals surface area contributed by atoms with Crippen LogP contribution in [0.15, 0.2) is 97.6 Å². The first kappa shape index (κ1) is 15.1. The molecule has 105 valence electrons. The van der Waals surface area contributed by atoms with E-state index in [-0.39, 0.29) is 3.43 Å². The van der Waals surface area contributed by atoms with Crippen molar-refractivity contribution in [3.8, 4) is 0 Å². The van der Waals surface area contributed by atoms with Crippen LogP contribution in [0.3, 0.4) is 0 Å². The van der Waals surface area contributed by atoms with Crippen LogP contribution in [0.25, 0.3) is 5.57 Å². The van der Waals surface area contributed by atoms with Gasteiger partial charge < -0.3 is 0 Å². The molecule has 0 heterocycles. The van der Waals surface area contributed by atoms with Gasteiger partial charge in [-0.3, -0.25) is 0 Å². The van der Waals surface area contributed by atoms with E-state index in [1.165, 1.54) is 39.2 Å². The summed E-state index contributed by atoms with van der Waals surface area (Å²) in [5.74, 6) is 0. The summed E-state index contributed by atoms with van der Waals surface area (Å²) in [6.45, 7) is 4.47. The third-order valence-electron chi connectivity index (χ3n) is 3.99. The van der Waals surface area contributed by atoms with Gasteiger partial charge in [0, 0.05) is 0 Å². The first-order valence-electron chi connectivity index (χ1n) is 7.34. The van der Waals surface area contributed by atoms with E-state index in [0.717, 1.165) is 5.57 Å². The third-order valence-corrected chi connectivity index (χ3v) is 6.50. The van der Waals surface area contributed by atoms with Crippen LogP contribution in [0.5, 0.6) is 0 Å². The van der Waals surface area contributed by atoms with Gasteiger partial charge in [0.2, 0.25) is 0 Å². The number of benzene rings is 3. The van der Waals surface area contributed by atoms with Crippen molar-refractivity contribution in [2.24, 2.45) is 0 Å². The van der Waals surface area contributed by atoms with Crippen molar-refractivity contribution < 1.29 is 0 Å². The molecule has 22 heavy (non-hydrogen) atoms. The molecule has 0 aromatic heterocycles. The van der Waals surface area contributed by atoms with Crippen LogP contribution in [0.4, 0.5) is 0 Å². The van der Waals surface area contributed by atoms with Crippen molar-refractivity contribution in [3.05, 3.63) is 114 Å². The second-order valence-corrected chi connectivity index (χ2v) is 7.47. The van der Waals surface area contributed by atoms with E-state index in [1.54, 1.807) is 0 Å². The molecule has 0 saturated carbocycles. The summed E-state index contributed by atoms with van der Waals surface area (Å²) in [6, 6.07) is 31.9. The normalized spacial score (nSPS) is 11.1. The average molecular weight is 388 g/mol. The molecule has 1 heteroatoms. The van der Waals surface area contributed by atoms with Crippen molar-refractivity contribution in [2.45, 2.75) is 3.43 Å². The Kier molecular flexibility index (Phi) is 4.49. The zero-order valence-corrected chi connectivity index (χ0v) is 15.2. The second-order valence-electron chi connectivity index (χ2n) is 5.33. The average Bonchev–Trinajstić information content (AvgIpc) is 2.62. The fraction of sp³-hybridized carbons (Fsp3) is 0.0476. The molecule has 0 unspecified atom stereocenters. The quantitative estimate of drug-likeness (QED) is 0.563. The Hall–Kier alpha value is -1.80. The van der Waals surface area contributed by atoms with Crippen LogP contribution in [-0.2, 0) is 3.43 Å². The summed E-state index contributed by atoms with van der Waals surface area (Å²) in [5, 5.41) is 0. The Bertz CT molecular complexity index is 706. The zero-order chi connectivity index (χ0) is 15.4. The Morgan fingerprint density at radius 2 is 1.00 bits per heavy atom. The molecule has 0 fully saturated rings. The summed E-state index contributed by atoms with van der Waals surface area (Å²) in [5.41, 5.74) is 4.96. The van der Waals surface area contributed by atoms with E-state index >= 15 is 0 Å². The molecule has 0 atom stereocenters. The second kappa shape index (κ2) is 6.53. The van der Waals surface area contributed by atoms with Crippen LogP contribution < -0.4 is 0 Å². The van der Waals surface area contributed by atoms with E-state index in [4.69, 9.17) is 0 Å². The molecular weight excluding hydrogens is 371 g/mol. The van der Waals surface area contributed by atoms with Crippen LogP contribution in [0, 0.1) is 0 Å². The van der Waals surface area contributed by atoms with Crippen LogP contribution in [-0.4, -0.2) is 22.5 Å². The third kappa shape index (κ3) is 2.76. The molecule has 3 radical (unpaired) electrons. The fourth-order valence-corrected chi connectivity index (χ4v) is 4.11. The van der Waals surface area contributed by atoms with Gasteiger partial charge in [-0.15, -0.1) is 0 Å². The van der Waals surface area contributed by atoms with E-state index in [2.05, 4.69) is 91.5 Å². The Labute approximate surface area is 145 Å². The van der Waals surface area contributed by atoms with Gasteiger partial charge in [0.05, 0.1) is 0 Å². The number of rotatable bonds is 4. The number of allylic oxidation sites excluding steroid dienone is 1. The number of hydrogen-bond donors (Lipinski definition) is 0. The Morgan fingerprint density at radius 1 is 0.636 bits per heavy atom. The predicted molar refractivity (Wildman–Crippen MR) is 94.9 cm³/mol. The molecule has 3 aromatic rings. The first-order chi connectivity index (χ1) is 10.7. The molecule has 3 rings (SSSR count). The molecule has 0 bridgehead atoms. The molecule has 0 amide bonds. The molecular formula is C21H17Sn. The van der Waals surface area contributed by atoms with E-state index in [0.29, 0.717) is 0 Å². The van der Waals surface area contributed by atoms with Gasteiger partial charge in [-0.2, -0.15) is 0 Å². The summed E-state index contributed by atoms with van der Waals surface area (Å²) in [7, 11) is 0. The molecule has 0 aliphatic carbocycles. The van der Waals surface area contributed by atoms with Crippen LogP contribution in [0.2, 0.25) is 0 Å². The van der Waals surface area contributed by atoms with E-state index in [1.807, 2.05) is 6.07 Å². The predicted octanol–water partition coefficient (Wildman–Crippen LogP) is 4.81. The molecule has 0 spiro atoms. The topological polar surface area (TPSA) is 0 Å². The van der Waals surface area contributed by atoms with Gasteiger partial charge in [-0.05, 0) is 0 Å². The molecule has 0 aliphatic rings. The molecule has 0 N–H and O–H groups in total. The first-order valence-corrected chi connectivity index (χ1v) is 8.76. The van der Waals surface area contributed by atoms with Gasteiger partial charge in [0.1, 0.15) is 0 Å². The minimum absolute atomic E-state index is 0.156. The molecule has 0 nitrogen and oxygen atoms in total. The summed E-state index contributed by atoms with van der Waals surface area (Å²) >= 11 is 1.42. The van der Waals surface area contributed by atoms with Gasteiger partial charge in [-0.25, -0.2) is 0 Å². The summed E-state index contributed by atoms with van der Waals surface area (Å²) < 4.78 is -0.156. The van der Waals surface area contributed by atoms with E-state index in [9.17, 15) is 0 Å². The fourth-order valence-electron chi connectivity index (χ4n) is 2.75. The standard InChI is InChI=1S/C21H17.Sn/c1-17(18-11-5-2-6-12-18)21(19-13-7-3-8-14-19)20-15-9-4-10-16-20;/h2-16H,1H2;. The maximum atomic E-state index is 4.47. The Morgan fingerprint density at radius 3 is 1.41 bits per heavy atom. The summed E-state index contributed by atoms with van der Waals surface area (Å²) in [6.07, 6.45) is 0. The van der Waals surface area contributed by atoms with Gasteiger partial charge in [0.15, 0.2) is 0 Å². The minimum atomic E-state index is -0.156. The zero-order valence-electron chi connectivity index (χ0n) is 12.4.